The standard InChI is InChI=1S/C31H28F8N2S2/c1-17-23(15-25(42-17)19-7-11-21(12-8-19)40(3)4)27(32)28(33,30(36,37)31(38,39)29(27,34)35)24-16-26(43-18(24)2)20-9-13-22(14-10-20)41(5)6/h7-16H,1-6H3. The third kappa shape index (κ3) is 4.08. The van der Waals surface area contributed by atoms with Gasteiger partial charge >= 0.3 is 17.8 Å². The largest absolute Gasteiger partial charge is 0.379 e. The summed E-state index contributed by atoms with van der Waals surface area (Å²) in [5.41, 5.74) is -10.4. The first-order chi connectivity index (χ1) is 19.8. The summed E-state index contributed by atoms with van der Waals surface area (Å²) in [6.07, 6.45) is 0. The molecule has 2 nitrogen and oxygen atoms in total. The zero-order chi connectivity index (χ0) is 31.9. The van der Waals surface area contributed by atoms with E-state index >= 15 is 35.1 Å². The zero-order valence-electron chi connectivity index (χ0n) is 24.0. The molecule has 2 atom stereocenters. The summed E-state index contributed by atoms with van der Waals surface area (Å²) in [4.78, 5) is 3.21. The first kappa shape index (κ1) is 31.3. The van der Waals surface area contributed by atoms with Gasteiger partial charge in [-0.25, -0.2) is 8.78 Å². The SMILES string of the molecule is Cc1sc(-c2ccc(N(C)C)cc2)cc1C1(F)C(F)(F)C(F)(F)C(F)(F)C1(F)c1cc(-c2ccc(N(C)C)cc2)sc1C. The van der Waals surface area contributed by atoms with Crippen LogP contribution in [0.5, 0.6) is 0 Å². The van der Waals surface area contributed by atoms with Crippen molar-refractivity contribution in [2.24, 2.45) is 0 Å². The summed E-state index contributed by atoms with van der Waals surface area (Å²) in [7, 11) is 7.15. The molecule has 5 rings (SSSR count). The Kier molecular flexibility index (Phi) is 7.24. The van der Waals surface area contributed by atoms with E-state index in [9.17, 15) is 0 Å². The molecule has 230 valence electrons. The lowest BCUT2D eigenvalue weighted by Crippen LogP contribution is -2.52. The molecular weight excluding hydrogens is 616 g/mol. The summed E-state index contributed by atoms with van der Waals surface area (Å²) in [6.45, 7) is 2.25. The van der Waals surface area contributed by atoms with Gasteiger partial charge in [-0.3, -0.25) is 0 Å². The summed E-state index contributed by atoms with van der Waals surface area (Å²) < 4.78 is 127. The van der Waals surface area contributed by atoms with Crippen molar-refractivity contribution in [1.82, 2.24) is 0 Å². The number of aryl methyl sites for hydroxylation is 2. The Hall–Kier alpha value is -3.12. The van der Waals surface area contributed by atoms with E-state index in [1.165, 1.54) is 0 Å². The quantitative estimate of drug-likeness (QED) is 0.193. The molecule has 0 saturated heterocycles. The fourth-order valence-corrected chi connectivity index (χ4v) is 7.69. The third-order valence-electron chi connectivity index (χ3n) is 8.04. The van der Waals surface area contributed by atoms with Crippen LogP contribution >= 0.6 is 22.7 Å². The smallest absolute Gasteiger partial charge is 0.378 e. The van der Waals surface area contributed by atoms with Crippen molar-refractivity contribution in [2.75, 3.05) is 38.0 Å². The van der Waals surface area contributed by atoms with Crippen LogP contribution in [0.4, 0.5) is 46.5 Å². The van der Waals surface area contributed by atoms with E-state index in [2.05, 4.69) is 0 Å². The van der Waals surface area contributed by atoms with Crippen molar-refractivity contribution in [3.63, 3.8) is 0 Å². The number of alkyl halides is 8. The van der Waals surface area contributed by atoms with E-state index < -0.39 is 40.2 Å². The Balaban J connectivity index is 1.72. The molecule has 0 spiro atoms. The van der Waals surface area contributed by atoms with E-state index in [1.54, 1.807) is 86.5 Å². The van der Waals surface area contributed by atoms with Crippen molar-refractivity contribution in [3.8, 4) is 20.9 Å². The van der Waals surface area contributed by atoms with Crippen LogP contribution < -0.4 is 9.80 Å². The molecule has 1 fully saturated rings. The van der Waals surface area contributed by atoms with E-state index in [1.807, 2.05) is 0 Å². The second-order valence-electron chi connectivity index (χ2n) is 11.1. The molecule has 12 heteroatoms. The van der Waals surface area contributed by atoms with Crippen LogP contribution in [0.25, 0.3) is 20.9 Å². The highest BCUT2D eigenvalue weighted by molar-refractivity contribution is 7.16. The molecule has 0 radical (unpaired) electrons. The van der Waals surface area contributed by atoms with Crippen molar-refractivity contribution in [1.29, 1.82) is 0 Å². The Morgan fingerprint density at radius 2 is 0.791 bits per heavy atom. The molecule has 1 aliphatic rings. The van der Waals surface area contributed by atoms with Crippen molar-refractivity contribution in [3.05, 3.63) is 81.5 Å². The molecule has 0 N–H and O–H groups in total. The van der Waals surface area contributed by atoms with Crippen LogP contribution in [0.2, 0.25) is 0 Å². The molecule has 0 bridgehead atoms. The molecule has 1 aliphatic carbocycles. The number of nitrogens with zero attached hydrogens (tertiary/aromatic N) is 2. The summed E-state index contributed by atoms with van der Waals surface area (Å²) in [6, 6.07) is 14.7. The maximum absolute atomic E-state index is 17.2. The molecule has 4 aromatic rings. The summed E-state index contributed by atoms with van der Waals surface area (Å²) in [5, 5.41) is 0. The minimum Gasteiger partial charge on any atom is -0.378 e. The zero-order valence-corrected chi connectivity index (χ0v) is 25.6. The van der Waals surface area contributed by atoms with Crippen LogP contribution in [0, 0.1) is 13.8 Å². The van der Waals surface area contributed by atoms with Gasteiger partial charge in [0.15, 0.2) is 0 Å². The van der Waals surface area contributed by atoms with Crippen molar-refractivity contribution in [2.45, 2.75) is 43.0 Å². The van der Waals surface area contributed by atoms with Crippen LogP contribution in [0.15, 0.2) is 60.7 Å². The fourth-order valence-electron chi connectivity index (χ4n) is 5.55. The highest BCUT2D eigenvalue weighted by Gasteiger charge is 3.00. The van der Waals surface area contributed by atoms with E-state index in [4.69, 9.17) is 0 Å². The minimum absolute atomic E-state index is 0.134. The summed E-state index contributed by atoms with van der Waals surface area (Å²) in [5.74, 6) is -18.6. The molecule has 0 amide bonds. The number of hydrogen-bond donors (Lipinski definition) is 0. The highest BCUT2D eigenvalue weighted by Crippen LogP contribution is 2.76. The number of anilines is 2. The van der Waals surface area contributed by atoms with E-state index in [-0.39, 0.29) is 19.5 Å². The Bertz CT molecular complexity index is 1540. The Labute approximate surface area is 252 Å². The average molecular weight is 645 g/mol. The van der Waals surface area contributed by atoms with Gasteiger partial charge in [0.1, 0.15) is 0 Å². The number of rotatable bonds is 6. The van der Waals surface area contributed by atoms with Gasteiger partial charge in [-0.15, -0.1) is 22.7 Å². The lowest BCUT2D eigenvalue weighted by atomic mass is 9.76. The van der Waals surface area contributed by atoms with Gasteiger partial charge in [-0.05, 0) is 61.4 Å². The van der Waals surface area contributed by atoms with Crippen LogP contribution in [0.3, 0.4) is 0 Å². The lowest BCUT2D eigenvalue weighted by molar-refractivity contribution is -0.293. The number of thiophene rings is 2. The van der Waals surface area contributed by atoms with E-state index in [0.717, 1.165) is 60.0 Å². The molecule has 1 saturated carbocycles. The minimum atomic E-state index is -6.35. The summed E-state index contributed by atoms with van der Waals surface area (Å²) >= 11 is 1.46. The first-order valence-electron chi connectivity index (χ1n) is 13.1. The average Bonchev–Trinajstić information content (AvgIpc) is 3.55. The maximum Gasteiger partial charge on any atom is 0.379 e. The van der Waals surface area contributed by atoms with Gasteiger partial charge in [0.2, 0.25) is 0 Å². The number of halogens is 8. The highest BCUT2D eigenvalue weighted by atomic mass is 32.1. The molecule has 43 heavy (non-hydrogen) atoms. The van der Waals surface area contributed by atoms with Gasteiger partial charge in [0, 0.05) is 70.2 Å². The molecule has 2 aromatic carbocycles. The number of benzene rings is 2. The molecule has 2 unspecified atom stereocenters. The van der Waals surface area contributed by atoms with Gasteiger partial charge in [0.25, 0.3) is 11.3 Å². The van der Waals surface area contributed by atoms with Gasteiger partial charge in [0.05, 0.1) is 0 Å². The van der Waals surface area contributed by atoms with Gasteiger partial charge in [-0.2, -0.15) is 26.3 Å². The van der Waals surface area contributed by atoms with E-state index in [0.29, 0.717) is 11.1 Å². The predicted molar refractivity (Wildman–Crippen MR) is 158 cm³/mol. The number of hydrogen-bond acceptors (Lipinski definition) is 4. The molecule has 2 heterocycles. The lowest BCUT2D eigenvalue weighted by Gasteiger charge is -2.37. The van der Waals surface area contributed by atoms with Crippen molar-refractivity contribution >= 4 is 34.0 Å². The monoisotopic (exact) mass is 644 g/mol. The van der Waals surface area contributed by atoms with Crippen molar-refractivity contribution < 1.29 is 35.1 Å². The predicted octanol–water partition coefficient (Wildman–Crippen LogP) is 9.84. The fraction of sp³-hybridized carbons (Fsp3) is 0.355. The third-order valence-corrected chi connectivity index (χ3v) is 10.2. The van der Waals surface area contributed by atoms with Gasteiger partial charge < -0.3 is 9.80 Å². The van der Waals surface area contributed by atoms with Crippen LogP contribution in [-0.4, -0.2) is 46.0 Å². The van der Waals surface area contributed by atoms with Crippen LogP contribution in [-0.2, 0) is 11.3 Å². The topological polar surface area (TPSA) is 6.48 Å². The molecular formula is C31H28F8N2S2. The Morgan fingerprint density at radius 1 is 0.488 bits per heavy atom. The normalized spacial score (nSPS) is 23.9. The molecule has 0 aliphatic heterocycles. The van der Waals surface area contributed by atoms with Crippen LogP contribution in [0.1, 0.15) is 20.9 Å². The van der Waals surface area contributed by atoms with Gasteiger partial charge in [-0.1, -0.05) is 24.3 Å². The first-order valence-corrected chi connectivity index (χ1v) is 14.7. The second-order valence-corrected chi connectivity index (χ2v) is 13.6. The maximum atomic E-state index is 17.2. The Morgan fingerprint density at radius 3 is 1.07 bits per heavy atom. The molecule has 2 aromatic heterocycles. The second kappa shape index (κ2) is 9.95.